The van der Waals surface area contributed by atoms with E-state index in [1.54, 1.807) is 0 Å². The molecule has 0 unspecified atom stereocenters. The summed E-state index contributed by atoms with van der Waals surface area (Å²) in [4.78, 5) is 0. The molecule has 0 aliphatic rings. The summed E-state index contributed by atoms with van der Waals surface area (Å²) in [7, 11) is 0. The fourth-order valence-corrected chi connectivity index (χ4v) is 7.34. The molecule has 0 spiro atoms. The normalized spacial score (nSPS) is 14.2. The molecule has 2 aromatic rings. The minimum atomic E-state index is 0.267. The van der Waals surface area contributed by atoms with Crippen molar-refractivity contribution in [3.05, 3.63) is 140 Å². The lowest BCUT2D eigenvalue weighted by Gasteiger charge is -2.13. The number of allylic oxidation sites excluding steroid dienone is 18. The smallest absolute Gasteiger partial charge is 0.127 e. The summed E-state index contributed by atoms with van der Waals surface area (Å²) in [5.41, 5.74) is 14.8. The van der Waals surface area contributed by atoms with E-state index < -0.39 is 0 Å². The molecule has 0 fully saturated rings. The van der Waals surface area contributed by atoms with E-state index in [2.05, 4.69) is 124 Å². The highest BCUT2D eigenvalue weighted by Gasteiger charge is 2.14. The van der Waals surface area contributed by atoms with Gasteiger partial charge in [0.2, 0.25) is 0 Å². The molecule has 318 valence electrons. The van der Waals surface area contributed by atoms with Crippen molar-refractivity contribution in [1.29, 1.82) is 0 Å². The Morgan fingerprint density at radius 3 is 0.931 bits per heavy atom. The molecule has 2 rings (SSSR count). The van der Waals surface area contributed by atoms with Gasteiger partial charge in [0.05, 0.1) is 0 Å². The molecule has 0 heterocycles. The number of rotatable bonds is 26. The zero-order chi connectivity index (χ0) is 42.9. The van der Waals surface area contributed by atoms with Gasteiger partial charge >= 0.3 is 0 Å². The second kappa shape index (κ2) is 28.4. The van der Waals surface area contributed by atoms with Crippen LogP contribution < -0.4 is 0 Å². The van der Waals surface area contributed by atoms with E-state index in [1.165, 1.54) is 69.4 Å². The van der Waals surface area contributed by atoms with Crippen molar-refractivity contribution in [3.63, 3.8) is 0 Å². The summed E-state index contributed by atoms with van der Waals surface area (Å²) < 4.78 is 0. The van der Waals surface area contributed by atoms with Crippen LogP contribution in [0.15, 0.2) is 129 Å². The topological polar surface area (TPSA) is 40.5 Å². The maximum absolute atomic E-state index is 10.9. The number of phenols is 2. The highest BCUT2D eigenvalue weighted by Crippen LogP contribution is 2.39. The van der Waals surface area contributed by atoms with E-state index in [-0.39, 0.29) is 11.5 Å². The van der Waals surface area contributed by atoms with Crippen LogP contribution in [0.1, 0.15) is 183 Å². The van der Waals surface area contributed by atoms with Crippen molar-refractivity contribution < 1.29 is 10.2 Å². The Balaban J connectivity index is 1.61. The Labute approximate surface area is 356 Å². The van der Waals surface area contributed by atoms with Crippen molar-refractivity contribution >= 4 is 10.8 Å². The highest BCUT2D eigenvalue weighted by atomic mass is 16.3. The summed E-state index contributed by atoms with van der Waals surface area (Å²) in [6.45, 7) is 24.4. The van der Waals surface area contributed by atoms with Gasteiger partial charge in [-0.1, -0.05) is 129 Å². The number of aromatic hydroxyl groups is 2. The number of benzene rings is 2. The molecule has 0 radical (unpaired) electrons. The van der Waals surface area contributed by atoms with Crippen LogP contribution in [0.3, 0.4) is 0 Å². The van der Waals surface area contributed by atoms with Crippen molar-refractivity contribution in [2.45, 2.75) is 185 Å². The van der Waals surface area contributed by atoms with Crippen LogP contribution in [0.5, 0.6) is 11.5 Å². The maximum atomic E-state index is 10.9. The lowest BCUT2D eigenvalue weighted by Crippen LogP contribution is -1.92. The molecule has 0 amide bonds. The summed E-state index contributed by atoms with van der Waals surface area (Å²) >= 11 is 0. The Morgan fingerprint density at radius 1 is 0.379 bits per heavy atom. The van der Waals surface area contributed by atoms with Gasteiger partial charge in [0.1, 0.15) is 11.5 Å². The first-order valence-corrected chi connectivity index (χ1v) is 22.5. The SMILES string of the molecule is CC(C)=CCC/C(C)=C/CC/C(C)=C\CC/C(C)=C/CC/C(C)=C\CC/C(C)=C/CC/C(C)=C/CC/C(C)=C/CC/C(C)=C\Cc1c(C)c(O)c2ccccc2c1O. The van der Waals surface area contributed by atoms with Gasteiger partial charge < -0.3 is 10.2 Å². The van der Waals surface area contributed by atoms with E-state index in [9.17, 15) is 10.2 Å². The van der Waals surface area contributed by atoms with Crippen molar-refractivity contribution in [2.24, 2.45) is 0 Å². The van der Waals surface area contributed by atoms with E-state index in [0.717, 1.165) is 94.6 Å². The van der Waals surface area contributed by atoms with Gasteiger partial charge in [-0.15, -0.1) is 0 Å². The average Bonchev–Trinajstić information content (AvgIpc) is 3.17. The maximum Gasteiger partial charge on any atom is 0.127 e. The van der Waals surface area contributed by atoms with Gasteiger partial charge in [-0.2, -0.15) is 0 Å². The fraction of sp³-hybridized carbons (Fsp3) is 0.500. The predicted octanol–water partition coefficient (Wildman–Crippen LogP) is 17.9. The van der Waals surface area contributed by atoms with E-state index in [0.29, 0.717) is 17.2 Å². The molecule has 0 saturated heterocycles. The number of hydrogen-bond acceptors (Lipinski definition) is 2. The largest absolute Gasteiger partial charge is 0.507 e. The van der Waals surface area contributed by atoms with E-state index in [4.69, 9.17) is 0 Å². The number of hydrogen-bond donors (Lipinski definition) is 2. The molecule has 0 bridgehead atoms. The number of phenolic OH excluding ortho intramolecular Hbond substituents is 2. The van der Waals surface area contributed by atoms with Gasteiger partial charge in [-0.25, -0.2) is 0 Å². The van der Waals surface area contributed by atoms with Crippen LogP contribution in [0.25, 0.3) is 10.8 Å². The Hall–Kier alpha value is -4.04. The molecule has 0 aliphatic heterocycles. The third-order valence-electron chi connectivity index (χ3n) is 11.5. The van der Waals surface area contributed by atoms with Crippen LogP contribution in [0.4, 0.5) is 0 Å². The van der Waals surface area contributed by atoms with E-state index >= 15 is 0 Å². The molecule has 2 nitrogen and oxygen atoms in total. The van der Waals surface area contributed by atoms with Crippen molar-refractivity contribution in [2.75, 3.05) is 0 Å². The van der Waals surface area contributed by atoms with Crippen LogP contribution in [-0.4, -0.2) is 10.2 Å². The molecule has 0 saturated carbocycles. The molecular formula is C56H82O2. The highest BCUT2D eigenvalue weighted by molar-refractivity contribution is 5.95. The van der Waals surface area contributed by atoms with Gasteiger partial charge in [-0.05, 0) is 191 Å². The molecule has 0 aromatic heterocycles. The van der Waals surface area contributed by atoms with Crippen LogP contribution in [-0.2, 0) is 6.42 Å². The molecule has 2 aromatic carbocycles. The van der Waals surface area contributed by atoms with Gasteiger partial charge in [0.15, 0.2) is 0 Å². The first-order chi connectivity index (χ1) is 27.7. The van der Waals surface area contributed by atoms with Crippen molar-refractivity contribution in [1.82, 2.24) is 0 Å². The third kappa shape index (κ3) is 21.1. The second-order valence-electron chi connectivity index (χ2n) is 17.5. The average molecular weight is 787 g/mol. The van der Waals surface area contributed by atoms with E-state index in [1.807, 2.05) is 31.2 Å². The van der Waals surface area contributed by atoms with Crippen LogP contribution in [0, 0.1) is 6.92 Å². The Bertz CT molecular complexity index is 1850. The molecule has 0 atom stereocenters. The predicted molar refractivity (Wildman–Crippen MR) is 259 cm³/mol. The summed E-state index contributed by atoms with van der Waals surface area (Å²) in [6.07, 6.45) is 40.3. The lowest BCUT2D eigenvalue weighted by atomic mass is 9.95. The quantitative estimate of drug-likeness (QED) is 0.0736. The van der Waals surface area contributed by atoms with Crippen LogP contribution >= 0.6 is 0 Å². The Morgan fingerprint density at radius 2 is 0.638 bits per heavy atom. The minimum Gasteiger partial charge on any atom is -0.507 e. The number of fused-ring (bicyclic) bond motifs is 1. The molecule has 2 N–H and O–H groups in total. The molecule has 0 aliphatic carbocycles. The first kappa shape index (κ1) is 50.1. The Kier molecular flexibility index (Phi) is 24.5. The first-order valence-electron chi connectivity index (χ1n) is 22.5. The summed E-state index contributed by atoms with van der Waals surface area (Å²) in [5.74, 6) is 0.548. The lowest BCUT2D eigenvalue weighted by molar-refractivity contribution is 0.461. The zero-order valence-electron chi connectivity index (χ0n) is 38.9. The monoisotopic (exact) mass is 787 g/mol. The fourth-order valence-electron chi connectivity index (χ4n) is 7.34. The third-order valence-corrected chi connectivity index (χ3v) is 11.5. The summed E-state index contributed by atoms with van der Waals surface area (Å²) in [6, 6.07) is 7.50. The van der Waals surface area contributed by atoms with Crippen LogP contribution in [0.2, 0.25) is 0 Å². The van der Waals surface area contributed by atoms with Gasteiger partial charge in [-0.3, -0.25) is 0 Å². The second-order valence-corrected chi connectivity index (χ2v) is 17.5. The summed E-state index contributed by atoms with van der Waals surface area (Å²) in [5, 5.41) is 23.0. The molecular weight excluding hydrogens is 705 g/mol. The molecule has 58 heavy (non-hydrogen) atoms. The standard InChI is InChI=1S/C56H82O2/c1-42(2)22-14-23-43(3)24-15-25-44(4)26-16-27-45(5)28-17-29-46(6)30-18-31-47(7)32-19-33-48(8)34-20-35-49(9)36-21-37-50(10)40-41-52-51(11)55(57)53-38-12-13-39-54(53)56(52)58/h12-13,22,24,26,28,30,32,34,36,38-40,57-58H,14-21,23,25,27,29,31,33,35,37,41H2,1-11H3/b43-24+,44-26-,45-28+,46-30-,47-32+,48-34+,49-36+,50-40-. The zero-order valence-corrected chi connectivity index (χ0v) is 38.9. The van der Waals surface area contributed by atoms with Gasteiger partial charge in [0.25, 0.3) is 0 Å². The minimum absolute atomic E-state index is 0.267. The van der Waals surface area contributed by atoms with Crippen molar-refractivity contribution in [3.8, 4) is 11.5 Å². The molecule has 2 heteroatoms. The van der Waals surface area contributed by atoms with Gasteiger partial charge in [0, 0.05) is 16.3 Å².